The Kier molecular flexibility index (Phi) is 3.99. The zero-order chi connectivity index (χ0) is 13.3. The lowest BCUT2D eigenvalue weighted by molar-refractivity contribution is -0.123. The molecular weight excluding hydrogens is 322 g/mol. The van der Waals surface area contributed by atoms with Gasteiger partial charge in [-0.2, -0.15) is 0 Å². The van der Waals surface area contributed by atoms with Gasteiger partial charge in [0.2, 0.25) is 5.91 Å². The molecule has 1 heterocycles. The Morgan fingerprint density at radius 3 is 3.11 bits per heavy atom. The van der Waals surface area contributed by atoms with E-state index in [1.54, 1.807) is 11.3 Å². The topological polar surface area (TPSA) is 29.1 Å². The van der Waals surface area contributed by atoms with Gasteiger partial charge in [0.25, 0.3) is 0 Å². The van der Waals surface area contributed by atoms with Gasteiger partial charge in [0.15, 0.2) is 0 Å². The molecule has 0 radical (unpaired) electrons. The lowest BCUT2D eigenvalue weighted by atomic mass is 9.87. The molecule has 0 bridgehead atoms. The molecule has 1 amide bonds. The number of fused-ring (bicyclic) bond motifs is 1. The maximum absolute atomic E-state index is 12.4. The Morgan fingerprint density at radius 2 is 2.37 bits per heavy atom. The Hall–Kier alpha value is -0.350. The highest BCUT2D eigenvalue weighted by Crippen LogP contribution is 2.48. The van der Waals surface area contributed by atoms with E-state index in [4.69, 9.17) is 0 Å². The van der Waals surface area contributed by atoms with Gasteiger partial charge in [-0.05, 0) is 60.9 Å². The molecule has 0 spiro atoms. The Balaban J connectivity index is 1.60. The summed E-state index contributed by atoms with van der Waals surface area (Å²) in [6, 6.07) is 2.15. The molecule has 19 heavy (non-hydrogen) atoms. The van der Waals surface area contributed by atoms with Crippen LogP contribution >= 0.6 is 27.3 Å². The standard InChI is InChI=1S/C15H20BrNOS/c16-8-7-15(5-6-15)10-17-14(18)12-2-1-3-13-11(12)4-9-19-13/h4,9,12H,1-3,5-8,10H2,(H,17,18). The molecular formula is C15H20BrNOS. The predicted molar refractivity (Wildman–Crippen MR) is 83.1 cm³/mol. The summed E-state index contributed by atoms with van der Waals surface area (Å²) < 4.78 is 0. The molecule has 1 aromatic rings. The SMILES string of the molecule is O=C(NCC1(CCBr)CC1)C1CCCc2sccc21. The van der Waals surface area contributed by atoms with Crippen LogP contribution in [0.5, 0.6) is 0 Å². The third kappa shape index (κ3) is 2.89. The van der Waals surface area contributed by atoms with E-state index in [0.29, 0.717) is 5.41 Å². The molecule has 1 aromatic heterocycles. The molecule has 0 aromatic carbocycles. The van der Waals surface area contributed by atoms with Crippen LogP contribution in [0, 0.1) is 5.41 Å². The largest absolute Gasteiger partial charge is 0.355 e. The normalized spacial score (nSPS) is 23.7. The summed E-state index contributed by atoms with van der Waals surface area (Å²) >= 11 is 5.32. The number of thiophene rings is 1. The number of aryl methyl sites for hydroxylation is 1. The van der Waals surface area contributed by atoms with Gasteiger partial charge in [-0.1, -0.05) is 15.9 Å². The van der Waals surface area contributed by atoms with Crippen molar-refractivity contribution in [3.8, 4) is 0 Å². The Labute approximate surface area is 127 Å². The number of rotatable bonds is 5. The highest BCUT2D eigenvalue weighted by atomic mass is 79.9. The van der Waals surface area contributed by atoms with E-state index in [1.807, 2.05) is 0 Å². The summed E-state index contributed by atoms with van der Waals surface area (Å²) in [5, 5.41) is 6.39. The number of hydrogen-bond acceptors (Lipinski definition) is 2. The zero-order valence-electron chi connectivity index (χ0n) is 11.1. The van der Waals surface area contributed by atoms with Crippen molar-refractivity contribution >= 4 is 33.2 Å². The zero-order valence-corrected chi connectivity index (χ0v) is 13.5. The van der Waals surface area contributed by atoms with Crippen molar-refractivity contribution in [2.24, 2.45) is 5.41 Å². The molecule has 2 aliphatic rings. The third-order valence-corrected chi connectivity index (χ3v) is 5.98. The van der Waals surface area contributed by atoms with Crippen molar-refractivity contribution in [1.82, 2.24) is 5.32 Å². The summed E-state index contributed by atoms with van der Waals surface area (Å²) in [5.74, 6) is 0.356. The maximum Gasteiger partial charge on any atom is 0.227 e. The molecule has 0 aliphatic heterocycles. The Morgan fingerprint density at radius 1 is 1.53 bits per heavy atom. The average molecular weight is 342 g/mol. The monoisotopic (exact) mass is 341 g/mol. The van der Waals surface area contributed by atoms with E-state index < -0.39 is 0 Å². The summed E-state index contributed by atoms with van der Waals surface area (Å²) in [5.41, 5.74) is 1.70. The first-order valence-corrected chi connectivity index (χ1v) is 9.14. The van der Waals surface area contributed by atoms with Gasteiger partial charge in [0.1, 0.15) is 0 Å². The number of amides is 1. The van der Waals surface area contributed by atoms with E-state index in [0.717, 1.165) is 31.1 Å². The second-order valence-corrected chi connectivity index (χ2v) is 7.69. The molecule has 0 saturated heterocycles. The molecule has 2 nitrogen and oxygen atoms in total. The minimum atomic E-state index is 0.106. The van der Waals surface area contributed by atoms with Gasteiger partial charge in [-0.15, -0.1) is 11.3 Å². The molecule has 2 aliphatic carbocycles. The molecule has 1 fully saturated rings. The van der Waals surface area contributed by atoms with Gasteiger partial charge >= 0.3 is 0 Å². The van der Waals surface area contributed by atoms with Gasteiger partial charge < -0.3 is 5.32 Å². The first-order chi connectivity index (χ1) is 9.24. The van der Waals surface area contributed by atoms with Crippen LogP contribution < -0.4 is 5.32 Å². The lowest BCUT2D eigenvalue weighted by Gasteiger charge is -2.23. The smallest absolute Gasteiger partial charge is 0.227 e. The minimum absolute atomic E-state index is 0.106. The molecule has 1 atom stereocenters. The van der Waals surface area contributed by atoms with Gasteiger partial charge in [0, 0.05) is 16.8 Å². The fourth-order valence-corrected chi connectivity index (χ4v) is 4.88. The number of alkyl halides is 1. The summed E-state index contributed by atoms with van der Waals surface area (Å²) in [4.78, 5) is 13.8. The van der Waals surface area contributed by atoms with E-state index in [-0.39, 0.29) is 11.8 Å². The van der Waals surface area contributed by atoms with Crippen molar-refractivity contribution in [3.63, 3.8) is 0 Å². The fraction of sp³-hybridized carbons (Fsp3) is 0.667. The first kappa shape index (κ1) is 13.6. The van der Waals surface area contributed by atoms with Crippen molar-refractivity contribution in [3.05, 3.63) is 21.9 Å². The van der Waals surface area contributed by atoms with Crippen LogP contribution in [0.4, 0.5) is 0 Å². The number of hydrogen-bond donors (Lipinski definition) is 1. The summed E-state index contributed by atoms with van der Waals surface area (Å²) in [7, 11) is 0. The van der Waals surface area contributed by atoms with Crippen molar-refractivity contribution in [1.29, 1.82) is 0 Å². The van der Waals surface area contributed by atoms with Crippen molar-refractivity contribution in [2.75, 3.05) is 11.9 Å². The van der Waals surface area contributed by atoms with Crippen molar-refractivity contribution < 1.29 is 4.79 Å². The van der Waals surface area contributed by atoms with Crippen LogP contribution in [-0.2, 0) is 11.2 Å². The highest BCUT2D eigenvalue weighted by molar-refractivity contribution is 9.09. The predicted octanol–water partition coefficient (Wildman–Crippen LogP) is 3.85. The average Bonchev–Trinajstić information content (AvgIpc) is 3.01. The lowest BCUT2D eigenvalue weighted by Crippen LogP contribution is -2.35. The van der Waals surface area contributed by atoms with Crippen LogP contribution in [-0.4, -0.2) is 17.8 Å². The molecule has 1 saturated carbocycles. The van der Waals surface area contributed by atoms with E-state index in [1.165, 1.54) is 29.7 Å². The number of nitrogens with one attached hydrogen (secondary N) is 1. The second-order valence-electron chi connectivity index (χ2n) is 5.90. The summed E-state index contributed by atoms with van der Waals surface area (Å²) in [6.45, 7) is 0.868. The minimum Gasteiger partial charge on any atom is -0.355 e. The first-order valence-electron chi connectivity index (χ1n) is 7.14. The van der Waals surface area contributed by atoms with E-state index >= 15 is 0 Å². The number of carbonyl (C=O) groups excluding carboxylic acids is 1. The van der Waals surface area contributed by atoms with Gasteiger partial charge in [-0.25, -0.2) is 0 Å². The van der Waals surface area contributed by atoms with Crippen LogP contribution in [0.1, 0.15) is 48.5 Å². The maximum atomic E-state index is 12.4. The van der Waals surface area contributed by atoms with Crippen LogP contribution in [0.3, 0.4) is 0 Å². The Bertz CT molecular complexity index is 466. The number of carbonyl (C=O) groups is 1. The third-order valence-electron chi connectivity index (χ3n) is 4.59. The number of halogens is 1. The quantitative estimate of drug-likeness (QED) is 0.809. The van der Waals surface area contributed by atoms with Gasteiger partial charge in [0.05, 0.1) is 5.92 Å². The highest BCUT2D eigenvalue weighted by Gasteiger charge is 2.42. The van der Waals surface area contributed by atoms with Crippen LogP contribution in [0.2, 0.25) is 0 Å². The van der Waals surface area contributed by atoms with Crippen molar-refractivity contribution in [2.45, 2.75) is 44.4 Å². The van der Waals surface area contributed by atoms with Crippen LogP contribution in [0.15, 0.2) is 11.4 Å². The summed E-state index contributed by atoms with van der Waals surface area (Å²) in [6.07, 6.45) is 7.05. The fourth-order valence-electron chi connectivity index (χ4n) is 3.05. The molecule has 1 N–H and O–H groups in total. The molecule has 4 heteroatoms. The molecule has 3 rings (SSSR count). The van der Waals surface area contributed by atoms with Gasteiger partial charge in [-0.3, -0.25) is 4.79 Å². The molecule has 104 valence electrons. The van der Waals surface area contributed by atoms with E-state index in [9.17, 15) is 4.79 Å². The van der Waals surface area contributed by atoms with Crippen LogP contribution in [0.25, 0.3) is 0 Å². The molecule has 1 unspecified atom stereocenters. The second kappa shape index (κ2) is 5.57. The van der Waals surface area contributed by atoms with E-state index in [2.05, 4.69) is 32.7 Å².